The molecule has 2 heterocycles. The van der Waals surface area contributed by atoms with Crippen molar-refractivity contribution in [3.63, 3.8) is 0 Å². The standard InChI is InChI=1S/C20H17N3O6/c1-27-15-9-17-16(28-11-29-17)8-12(15)7-14-19(25)23(20(26)22-14)10-18(24)21-13-5-3-2-4-6-13/h2-9H,10-11H2,1H3,(H,21,24)(H,22,26). The molecule has 2 N–H and O–H groups in total. The van der Waals surface area contributed by atoms with Crippen molar-refractivity contribution in [2.45, 2.75) is 0 Å². The average Bonchev–Trinajstić information content (AvgIpc) is 3.27. The first kappa shape index (κ1) is 18.4. The van der Waals surface area contributed by atoms with E-state index in [1.165, 1.54) is 13.2 Å². The van der Waals surface area contributed by atoms with Crippen molar-refractivity contribution < 1.29 is 28.6 Å². The summed E-state index contributed by atoms with van der Waals surface area (Å²) in [6.07, 6.45) is 1.47. The molecule has 0 atom stereocenters. The second-order valence-electron chi connectivity index (χ2n) is 6.24. The summed E-state index contributed by atoms with van der Waals surface area (Å²) in [7, 11) is 1.48. The summed E-state index contributed by atoms with van der Waals surface area (Å²) < 4.78 is 16.0. The van der Waals surface area contributed by atoms with E-state index >= 15 is 0 Å². The lowest BCUT2D eigenvalue weighted by molar-refractivity contribution is -0.127. The zero-order valence-corrected chi connectivity index (χ0v) is 15.4. The van der Waals surface area contributed by atoms with Crippen LogP contribution in [0.4, 0.5) is 10.5 Å². The van der Waals surface area contributed by atoms with Gasteiger partial charge in [-0.1, -0.05) is 18.2 Å². The number of nitrogens with zero attached hydrogens (tertiary/aromatic N) is 1. The number of para-hydroxylation sites is 1. The van der Waals surface area contributed by atoms with Crippen LogP contribution in [0.3, 0.4) is 0 Å². The highest BCUT2D eigenvalue weighted by Gasteiger charge is 2.35. The summed E-state index contributed by atoms with van der Waals surface area (Å²) >= 11 is 0. The minimum Gasteiger partial charge on any atom is -0.496 e. The molecule has 148 valence electrons. The molecule has 1 saturated heterocycles. The highest BCUT2D eigenvalue weighted by molar-refractivity contribution is 6.16. The molecule has 0 bridgehead atoms. The van der Waals surface area contributed by atoms with Crippen LogP contribution in [-0.2, 0) is 9.59 Å². The van der Waals surface area contributed by atoms with Crippen LogP contribution in [0.15, 0.2) is 48.2 Å². The van der Waals surface area contributed by atoms with Crippen molar-refractivity contribution in [3.05, 3.63) is 53.7 Å². The van der Waals surface area contributed by atoms with Crippen molar-refractivity contribution in [1.29, 1.82) is 0 Å². The van der Waals surface area contributed by atoms with E-state index in [-0.39, 0.29) is 12.5 Å². The van der Waals surface area contributed by atoms with E-state index in [0.29, 0.717) is 28.5 Å². The fourth-order valence-electron chi connectivity index (χ4n) is 2.96. The Labute approximate surface area is 165 Å². The van der Waals surface area contributed by atoms with Crippen LogP contribution < -0.4 is 24.8 Å². The number of anilines is 1. The molecular formula is C20H17N3O6. The van der Waals surface area contributed by atoms with E-state index in [4.69, 9.17) is 14.2 Å². The topological polar surface area (TPSA) is 106 Å². The molecule has 9 nitrogen and oxygen atoms in total. The second-order valence-corrected chi connectivity index (χ2v) is 6.24. The summed E-state index contributed by atoms with van der Waals surface area (Å²) in [5, 5.41) is 5.12. The first-order chi connectivity index (χ1) is 14.0. The zero-order chi connectivity index (χ0) is 20.4. The zero-order valence-electron chi connectivity index (χ0n) is 15.4. The Kier molecular flexibility index (Phi) is 4.78. The lowest BCUT2D eigenvalue weighted by Gasteiger charge is -2.12. The number of urea groups is 1. The van der Waals surface area contributed by atoms with Crippen LogP contribution in [0.5, 0.6) is 17.2 Å². The van der Waals surface area contributed by atoms with Crippen molar-refractivity contribution in [2.24, 2.45) is 0 Å². The van der Waals surface area contributed by atoms with Gasteiger partial charge in [0.1, 0.15) is 18.0 Å². The second kappa shape index (κ2) is 7.55. The number of rotatable bonds is 5. The highest BCUT2D eigenvalue weighted by atomic mass is 16.7. The van der Waals surface area contributed by atoms with Gasteiger partial charge in [-0.05, 0) is 24.3 Å². The number of carbonyl (C=O) groups excluding carboxylic acids is 3. The molecule has 0 aromatic heterocycles. The van der Waals surface area contributed by atoms with Crippen LogP contribution in [0.1, 0.15) is 5.56 Å². The van der Waals surface area contributed by atoms with Gasteiger partial charge in [0.15, 0.2) is 11.5 Å². The van der Waals surface area contributed by atoms with E-state index in [1.54, 1.807) is 36.4 Å². The van der Waals surface area contributed by atoms with Gasteiger partial charge in [-0.2, -0.15) is 0 Å². The van der Waals surface area contributed by atoms with Crippen molar-refractivity contribution in [1.82, 2.24) is 10.2 Å². The Hall–Kier alpha value is -4.01. The SMILES string of the molecule is COc1cc2c(cc1C=C1NC(=O)N(CC(=O)Nc3ccccc3)C1=O)OCO2. The number of ether oxygens (including phenoxy) is 3. The van der Waals surface area contributed by atoms with Gasteiger partial charge in [0, 0.05) is 17.3 Å². The maximum absolute atomic E-state index is 12.6. The lowest BCUT2D eigenvalue weighted by atomic mass is 10.1. The third-order valence-corrected chi connectivity index (χ3v) is 4.35. The Balaban J connectivity index is 1.52. The molecule has 2 aliphatic heterocycles. The van der Waals surface area contributed by atoms with Crippen LogP contribution in [-0.4, -0.2) is 43.2 Å². The Bertz CT molecular complexity index is 1020. The van der Waals surface area contributed by atoms with Gasteiger partial charge in [-0.15, -0.1) is 0 Å². The first-order valence-corrected chi connectivity index (χ1v) is 8.72. The van der Waals surface area contributed by atoms with Gasteiger partial charge in [0.2, 0.25) is 12.7 Å². The fourth-order valence-corrected chi connectivity index (χ4v) is 2.96. The number of carbonyl (C=O) groups is 3. The summed E-state index contributed by atoms with van der Waals surface area (Å²) in [4.78, 5) is 37.9. The third-order valence-electron chi connectivity index (χ3n) is 4.35. The van der Waals surface area contributed by atoms with Gasteiger partial charge in [0.05, 0.1) is 7.11 Å². The predicted molar refractivity (Wildman–Crippen MR) is 102 cm³/mol. The summed E-state index contributed by atoms with van der Waals surface area (Å²) in [5.41, 5.74) is 1.13. The molecule has 4 amide bonds. The summed E-state index contributed by atoms with van der Waals surface area (Å²) in [6.45, 7) is -0.312. The van der Waals surface area contributed by atoms with Gasteiger partial charge >= 0.3 is 6.03 Å². The number of imide groups is 1. The molecule has 0 saturated carbocycles. The average molecular weight is 395 g/mol. The number of fused-ring (bicyclic) bond motifs is 1. The van der Waals surface area contributed by atoms with Crippen LogP contribution >= 0.6 is 0 Å². The number of nitrogens with one attached hydrogen (secondary N) is 2. The van der Waals surface area contributed by atoms with Crippen molar-refractivity contribution in [3.8, 4) is 17.2 Å². The predicted octanol–water partition coefficient (Wildman–Crippen LogP) is 1.96. The molecule has 4 rings (SSSR count). The molecule has 0 radical (unpaired) electrons. The first-order valence-electron chi connectivity index (χ1n) is 8.72. The van der Waals surface area contributed by atoms with Crippen LogP contribution in [0, 0.1) is 0 Å². The van der Waals surface area contributed by atoms with Gasteiger partial charge in [-0.3, -0.25) is 9.59 Å². The molecule has 0 unspecified atom stereocenters. The molecule has 1 fully saturated rings. The van der Waals surface area contributed by atoms with Crippen molar-refractivity contribution >= 4 is 29.6 Å². The normalized spacial score (nSPS) is 16.2. The van der Waals surface area contributed by atoms with Crippen molar-refractivity contribution in [2.75, 3.05) is 25.8 Å². The maximum Gasteiger partial charge on any atom is 0.329 e. The largest absolute Gasteiger partial charge is 0.496 e. The minimum atomic E-state index is -0.677. The molecule has 2 aromatic carbocycles. The highest BCUT2D eigenvalue weighted by Crippen LogP contribution is 2.39. The Morgan fingerprint density at radius 1 is 1.21 bits per heavy atom. The van der Waals surface area contributed by atoms with Gasteiger partial charge < -0.3 is 24.8 Å². The van der Waals surface area contributed by atoms with E-state index in [1.807, 2.05) is 6.07 Å². The number of benzene rings is 2. The van der Waals surface area contributed by atoms with Crippen LogP contribution in [0.25, 0.3) is 6.08 Å². The maximum atomic E-state index is 12.6. The molecule has 9 heteroatoms. The Morgan fingerprint density at radius 3 is 2.66 bits per heavy atom. The molecule has 2 aliphatic rings. The number of methoxy groups -OCH3 is 1. The molecule has 0 aliphatic carbocycles. The van der Waals surface area contributed by atoms with E-state index < -0.39 is 24.4 Å². The molecule has 2 aromatic rings. The quantitative estimate of drug-likeness (QED) is 0.592. The molecule has 29 heavy (non-hydrogen) atoms. The molecule has 0 spiro atoms. The monoisotopic (exact) mass is 395 g/mol. The third kappa shape index (κ3) is 3.70. The Morgan fingerprint density at radius 2 is 1.93 bits per heavy atom. The number of amides is 4. The van der Waals surface area contributed by atoms with Crippen LogP contribution in [0.2, 0.25) is 0 Å². The number of hydrogen-bond acceptors (Lipinski definition) is 6. The molecular weight excluding hydrogens is 378 g/mol. The minimum absolute atomic E-state index is 0.0275. The van der Waals surface area contributed by atoms with E-state index in [0.717, 1.165) is 4.90 Å². The fraction of sp³-hybridized carbons (Fsp3) is 0.150. The van der Waals surface area contributed by atoms with Gasteiger partial charge in [-0.25, -0.2) is 9.69 Å². The summed E-state index contributed by atoms with van der Waals surface area (Å²) in [5.74, 6) is 0.391. The number of hydrogen-bond donors (Lipinski definition) is 2. The lowest BCUT2D eigenvalue weighted by Crippen LogP contribution is -2.38. The smallest absolute Gasteiger partial charge is 0.329 e. The van der Waals surface area contributed by atoms with E-state index in [2.05, 4.69) is 10.6 Å². The van der Waals surface area contributed by atoms with Gasteiger partial charge in [0.25, 0.3) is 5.91 Å². The van der Waals surface area contributed by atoms with E-state index in [9.17, 15) is 14.4 Å². The summed E-state index contributed by atoms with van der Waals surface area (Å²) in [6, 6.07) is 11.4.